The zero-order valence-electron chi connectivity index (χ0n) is 17.4. The van der Waals surface area contributed by atoms with Crippen molar-refractivity contribution in [2.45, 2.75) is 19.1 Å². The van der Waals surface area contributed by atoms with Gasteiger partial charge in [0.1, 0.15) is 5.82 Å². The number of benzene rings is 3. The summed E-state index contributed by atoms with van der Waals surface area (Å²) in [6.07, 6.45) is -3.74. The van der Waals surface area contributed by atoms with Crippen molar-refractivity contribution in [3.05, 3.63) is 89.2 Å². The van der Waals surface area contributed by atoms with Gasteiger partial charge in [-0.25, -0.2) is 14.2 Å². The van der Waals surface area contributed by atoms with Crippen molar-refractivity contribution in [1.29, 1.82) is 0 Å². The second-order valence-electron chi connectivity index (χ2n) is 7.80. The molecule has 33 heavy (non-hydrogen) atoms. The van der Waals surface area contributed by atoms with E-state index in [1.807, 2.05) is 31.2 Å². The first kappa shape index (κ1) is 20.9. The number of aryl methyl sites for hydroxylation is 1. The average Bonchev–Trinajstić information content (AvgIpc) is 3.34. The van der Waals surface area contributed by atoms with Gasteiger partial charge in [-0.05, 0) is 42.3 Å². The molecule has 2 aliphatic heterocycles. The summed E-state index contributed by atoms with van der Waals surface area (Å²) >= 11 is 0. The smallest absolute Gasteiger partial charge is 0.395 e. The number of nitrogens with one attached hydrogen (secondary N) is 1. The van der Waals surface area contributed by atoms with Crippen LogP contribution in [0.5, 0.6) is 11.5 Å². The number of nitrogens with zero attached hydrogens (tertiary/aromatic N) is 2. The number of carbonyl (C=O) groups is 1. The summed E-state index contributed by atoms with van der Waals surface area (Å²) < 4.78 is 49.2. The topological polar surface area (TPSA) is 63.2 Å². The third-order valence-corrected chi connectivity index (χ3v) is 5.40. The number of halogens is 3. The van der Waals surface area contributed by atoms with Gasteiger partial charge in [0.15, 0.2) is 11.5 Å². The van der Waals surface area contributed by atoms with Crippen molar-refractivity contribution in [3.8, 4) is 11.5 Å². The molecule has 3 aromatic carbocycles. The number of rotatable bonds is 3. The van der Waals surface area contributed by atoms with E-state index in [0.717, 1.165) is 11.1 Å². The molecule has 5 rings (SSSR count). The van der Waals surface area contributed by atoms with Gasteiger partial charge in [-0.15, -0.1) is 8.78 Å². The third-order valence-electron chi connectivity index (χ3n) is 5.40. The Hall–Kier alpha value is -4.01. The monoisotopic (exact) mass is 453 g/mol. The van der Waals surface area contributed by atoms with E-state index in [0.29, 0.717) is 11.3 Å². The van der Waals surface area contributed by atoms with Gasteiger partial charge in [0.2, 0.25) is 0 Å². The van der Waals surface area contributed by atoms with Crippen LogP contribution in [-0.4, -0.2) is 29.6 Å². The van der Waals surface area contributed by atoms with Crippen LogP contribution in [0.3, 0.4) is 0 Å². The fourth-order valence-corrected chi connectivity index (χ4v) is 3.81. The van der Waals surface area contributed by atoms with Crippen molar-refractivity contribution in [2.24, 2.45) is 5.10 Å². The Kier molecular flexibility index (Phi) is 4.96. The lowest BCUT2D eigenvalue weighted by Gasteiger charge is -2.16. The van der Waals surface area contributed by atoms with Crippen LogP contribution in [-0.2, 0) is 0 Å². The predicted molar refractivity (Wildman–Crippen MR) is 115 cm³/mol. The lowest BCUT2D eigenvalue weighted by molar-refractivity contribution is -0.286. The molecule has 2 amide bonds. The van der Waals surface area contributed by atoms with E-state index in [-0.39, 0.29) is 35.5 Å². The van der Waals surface area contributed by atoms with Gasteiger partial charge in [0.05, 0.1) is 12.3 Å². The number of ether oxygens (including phenoxy) is 2. The van der Waals surface area contributed by atoms with Crippen LogP contribution in [0.25, 0.3) is 0 Å². The highest BCUT2D eigenvalue weighted by molar-refractivity contribution is 6.07. The second-order valence-corrected chi connectivity index (χ2v) is 7.80. The molecule has 1 atom stereocenters. The van der Waals surface area contributed by atoms with E-state index >= 15 is 0 Å². The molecule has 0 saturated heterocycles. The van der Waals surface area contributed by atoms with Crippen LogP contribution < -0.4 is 14.8 Å². The summed E-state index contributed by atoms with van der Waals surface area (Å²) in [5.74, 6) is -1.02. The Bertz CT molecular complexity index is 1260. The van der Waals surface area contributed by atoms with Gasteiger partial charge >= 0.3 is 12.3 Å². The number of urea groups is 1. The molecule has 6 nitrogen and oxygen atoms in total. The molecule has 0 saturated carbocycles. The standard InChI is InChI=1S/C24H18F3N3O3/c1-14-5-7-15(8-6-14)22-19(16-3-2-4-17(25)11-16)13-30(29-22)23(31)28-18-9-10-20-21(12-18)33-24(26,27)32-20/h2-12,19H,13H2,1H3,(H,28,31). The second kappa shape index (κ2) is 7.84. The van der Waals surface area contributed by atoms with Crippen LogP contribution in [0.2, 0.25) is 0 Å². The third kappa shape index (κ3) is 4.21. The van der Waals surface area contributed by atoms with Gasteiger partial charge in [-0.3, -0.25) is 0 Å². The van der Waals surface area contributed by atoms with Gasteiger partial charge in [0, 0.05) is 17.7 Å². The summed E-state index contributed by atoms with van der Waals surface area (Å²) in [5, 5.41) is 8.38. The van der Waals surface area contributed by atoms with Gasteiger partial charge in [0.25, 0.3) is 0 Å². The van der Waals surface area contributed by atoms with Crippen LogP contribution in [0.1, 0.15) is 22.6 Å². The molecule has 0 bridgehead atoms. The quantitative estimate of drug-likeness (QED) is 0.570. The Morgan fingerprint density at radius 2 is 1.82 bits per heavy atom. The maximum atomic E-state index is 13.9. The SMILES string of the molecule is Cc1ccc(C2=NN(C(=O)Nc3ccc4c(c3)OC(F)(F)O4)CC2c2cccc(F)c2)cc1. The minimum atomic E-state index is -3.74. The summed E-state index contributed by atoms with van der Waals surface area (Å²) in [4.78, 5) is 12.9. The number of hydrogen-bond acceptors (Lipinski definition) is 4. The number of amides is 2. The molecule has 0 spiro atoms. The van der Waals surface area contributed by atoms with Crippen LogP contribution in [0, 0.1) is 12.7 Å². The molecule has 1 N–H and O–H groups in total. The Labute approximate surface area is 187 Å². The molecular weight excluding hydrogens is 435 g/mol. The molecule has 2 heterocycles. The minimum absolute atomic E-state index is 0.120. The summed E-state index contributed by atoms with van der Waals surface area (Å²) in [7, 11) is 0. The Balaban J connectivity index is 1.41. The van der Waals surface area contributed by atoms with E-state index in [1.165, 1.54) is 35.3 Å². The van der Waals surface area contributed by atoms with Crippen molar-refractivity contribution in [3.63, 3.8) is 0 Å². The van der Waals surface area contributed by atoms with Crippen LogP contribution in [0.4, 0.5) is 23.7 Å². The molecule has 1 unspecified atom stereocenters. The van der Waals surface area contributed by atoms with E-state index in [9.17, 15) is 18.0 Å². The largest absolute Gasteiger partial charge is 0.586 e. The first-order valence-electron chi connectivity index (χ1n) is 10.2. The van der Waals surface area contributed by atoms with Crippen molar-refractivity contribution < 1.29 is 27.4 Å². The van der Waals surface area contributed by atoms with E-state index in [1.54, 1.807) is 12.1 Å². The zero-order valence-corrected chi connectivity index (χ0v) is 17.4. The Morgan fingerprint density at radius 1 is 1.06 bits per heavy atom. The molecule has 0 aromatic heterocycles. The molecular formula is C24H18F3N3O3. The molecule has 9 heteroatoms. The number of hydrogen-bond donors (Lipinski definition) is 1. The molecule has 2 aliphatic rings. The summed E-state index contributed by atoms with van der Waals surface area (Å²) in [6, 6.07) is 17.3. The predicted octanol–water partition coefficient (Wildman–Crippen LogP) is 5.49. The number of alkyl halides is 2. The average molecular weight is 453 g/mol. The van der Waals surface area contributed by atoms with Crippen LogP contribution >= 0.6 is 0 Å². The highest BCUT2D eigenvalue weighted by Crippen LogP contribution is 2.42. The molecule has 0 radical (unpaired) electrons. The van der Waals surface area contributed by atoms with Crippen LogP contribution in [0.15, 0.2) is 71.8 Å². The van der Waals surface area contributed by atoms with Gasteiger partial charge < -0.3 is 14.8 Å². The molecule has 0 fully saturated rings. The normalized spacial score (nSPS) is 18.2. The number of carbonyl (C=O) groups excluding carboxylic acids is 1. The molecule has 3 aromatic rings. The maximum absolute atomic E-state index is 13.9. The molecule has 168 valence electrons. The number of anilines is 1. The van der Waals surface area contributed by atoms with Gasteiger partial charge in [-0.2, -0.15) is 5.10 Å². The first-order chi connectivity index (χ1) is 15.8. The lowest BCUT2D eigenvalue weighted by Crippen LogP contribution is -2.30. The van der Waals surface area contributed by atoms with Gasteiger partial charge in [-0.1, -0.05) is 42.0 Å². The van der Waals surface area contributed by atoms with Crippen molar-refractivity contribution in [1.82, 2.24) is 5.01 Å². The van der Waals surface area contributed by atoms with E-state index in [2.05, 4.69) is 19.9 Å². The van der Waals surface area contributed by atoms with Crippen molar-refractivity contribution in [2.75, 3.05) is 11.9 Å². The fraction of sp³-hybridized carbons (Fsp3) is 0.167. The Morgan fingerprint density at radius 3 is 2.58 bits per heavy atom. The summed E-state index contributed by atoms with van der Waals surface area (Å²) in [5.41, 5.74) is 3.44. The highest BCUT2D eigenvalue weighted by atomic mass is 19.3. The lowest BCUT2D eigenvalue weighted by atomic mass is 9.90. The minimum Gasteiger partial charge on any atom is -0.395 e. The maximum Gasteiger partial charge on any atom is 0.586 e. The van der Waals surface area contributed by atoms with E-state index in [4.69, 9.17) is 0 Å². The number of hydrazone groups is 1. The highest BCUT2D eigenvalue weighted by Gasteiger charge is 2.43. The first-order valence-corrected chi connectivity index (χ1v) is 10.2. The van der Waals surface area contributed by atoms with Crippen molar-refractivity contribution >= 4 is 17.4 Å². The fourth-order valence-electron chi connectivity index (χ4n) is 3.81. The summed E-state index contributed by atoms with van der Waals surface area (Å²) in [6.45, 7) is 2.15. The molecule has 0 aliphatic carbocycles. The number of fused-ring (bicyclic) bond motifs is 1. The zero-order chi connectivity index (χ0) is 23.2. The van der Waals surface area contributed by atoms with E-state index < -0.39 is 12.3 Å².